The van der Waals surface area contributed by atoms with Gasteiger partial charge in [-0.3, -0.25) is 9.59 Å². The number of pyridine rings is 1. The molecule has 2 aromatic heterocycles. The molecule has 8 heteroatoms. The number of rotatable bonds is 3. The summed E-state index contributed by atoms with van der Waals surface area (Å²) in [6, 6.07) is 7.03. The topological polar surface area (TPSA) is 90.1 Å². The molecule has 2 fully saturated rings. The van der Waals surface area contributed by atoms with Crippen molar-refractivity contribution >= 4 is 17.6 Å². The summed E-state index contributed by atoms with van der Waals surface area (Å²) in [5, 5.41) is 9.93. The number of likely N-dealkylation sites (tertiary alicyclic amines) is 1. The molecule has 0 aromatic carbocycles. The van der Waals surface area contributed by atoms with Crippen LogP contribution < -0.4 is 4.90 Å². The van der Waals surface area contributed by atoms with Gasteiger partial charge < -0.3 is 24.2 Å². The highest BCUT2D eigenvalue weighted by Gasteiger charge is 2.29. The largest absolute Gasteiger partial charge is 0.459 e. The van der Waals surface area contributed by atoms with Crippen LogP contribution in [0.3, 0.4) is 0 Å². The summed E-state index contributed by atoms with van der Waals surface area (Å²) in [4.78, 5) is 35.8. The first-order valence-corrected chi connectivity index (χ1v) is 10.1. The van der Waals surface area contributed by atoms with Crippen LogP contribution in [0.2, 0.25) is 0 Å². The summed E-state index contributed by atoms with van der Waals surface area (Å²) < 4.78 is 5.21. The number of piperazine rings is 1. The van der Waals surface area contributed by atoms with E-state index in [-0.39, 0.29) is 11.8 Å². The third-order valence-corrected chi connectivity index (χ3v) is 5.53. The molecule has 2 aromatic rings. The van der Waals surface area contributed by atoms with Crippen LogP contribution in [0.5, 0.6) is 0 Å². The number of furan rings is 1. The second-order valence-electron chi connectivity index (χ2n) is 7.63. The summed E-state index contributed by atoms with van der Waals surface area (Å²) >= 11 is 0. The van der Waals surface area contributed by atoms with Gasteiger partial charge in [0.25, 0.3) is 11.8 Å². The number of aromatic nitrogens is 1. The van der Waals surface area contributed by atoms with Gasteiger partial charge >= 0.3 is 0 Å². The molecule has 0 saturated carbocycles. The maximum atomic E-state index is 13.1. The van der Waals surface area contributed by atoms with Crippen LogP contribution in [0.1, 0.15) is 39.4 Å². The number of hydrogen-bond acceptors (Lipinski definition) is 6. The Morgan fingerprint density at radius 1 is 1.07 bits per heavy atom. The van der Waals surface area contributed by atoms with E-state index in [1.54, 1.807) is 21.9 Å². The molecule has 2 amide bonds. The van der Waals surface area contributed by atoms with Crippen LogP contribution in [-0.4, -0.2) is 77.1 Å². The summed E-state index contributed by atoms with van der Waals surface area (Å²) in [6.07, 6.45) is 2.56. The summed E-state index contributed by atoms with van der Waals surface area (Å²) in [7, 11) is 0. The minimum Gasteiger partial charge on any atom is -0.459 e. The van der Waals surface area contributed by atoms with E-state index in [1.807, 2.05) is 19.1 Å². The summed E-state index contributed by atoms with van der Waals surface area (Å²) in [6.45, 7) is 5.15. The fraction of sp³-hybridized carbons (Fsp3) is 0.476. The van der Waals surface area contributed by atoms with E-state index in [2.05, 4.69) is 9.88 Å². The van der Waals surface area contributed by atoms with E-state index < -0.39 is 6.10 Å². The zero-order chi connectivity index (χ0) is 20.4. The Bertz CT molecular complexity index is 875. The number of piperidine rings is 1. The molecule has 4 heterocycles. The number of β-amino-alcohol motifs (C(OH)–C–C–N with tert-alkyl or cyclic N) is 1. The van der Waals surface area contributed by atoms with Crippen molar-refractivity contribution in [2.45, 2.75) is 25.9 Å². The molecular weight excluding hydrogens is 372 g/mol. The molecule has 8 nitrogen and oxygen atoms in total. The predicted molar refractivity (Wildman–Crippen MR) is 107 cm³/mol. The second-order valence-corrected chi connectivity index (χ2v) is 7.63. The fourth-order valence-electron chi connectivity index (χ4n) is 3.94. The number of anilines is 1. The highest BCUT2D eigenvalue weighted by Crippen LogP contribution is 2.24. The fourth-order valence-corrected chi connectivity index (χ4v) is 3.94. The minimum absolute atomic E-state index is 0.0969. The predicted octanol–water partition coefficient (Wildman–Crippen LogP) is 1.54. The van der Waals surface area contributed by atoms with Crippen molar-refractivity contribution in [2.24, 2.45) is 0 Å². The lowest BCUT2D eigenvalue weighted by Crippen LogP contribution is -2.50. The van der Waals surface area contributed by atoms with Crippen LogP contribution in [0.25, 0.3) is 0 Å². The molecule has 4 rings (SSSR count). The molecule has 2 aliphatic rings. The highest BCUT2D eigenvalue weighted by atomic mass is 16.3. The molecule has 1 atom stereocenters. The molecule has 0 bridgehead atoms. The van der Waals surface area contributed by atoms with Gasteiger partial charge in [-0.1, -0.05) is 0 Å². The molecule has 1 N–H and O–H groups in total. The lowest BCUT2D eigenvalue weighted by atomic mass is 10.1. The number of hydrogen-bond donors (Lipinski definition) is 1. The van der Waals surface area contributed by atoms with Gasteiger partial charge in [-0.15, -0.1) is 0 Å². The maximum absolute atomic E-state index is 13.1. The van der Waals surface area contributed by atoms with Crippen molar-refractivity contribution in [3.8, 4) is 0 Å². The Labute approximate surface area is 169 Å². The Morgan fingerprint density at radius 2 is 1.86 bits per heavy atom. The molecular formula is C21H26N4O4. The van der Waals surface area contributed by atoms with Gasteiger partial charge in [-0.25, -0.2) is 4.98 Å². The number of carbonyl (C=O) groups is 2. The minimum atomic E-state index is -0.467. The van der Waals surface area contributed by atoms with Crippen molar-refractivity contribution in [2.75, 3.05) is 44.2 Å². The van der Waals surface area contributed by atoms with Crippen molar-refractivity contribution in [3.05, 3.63) is 47.5 Å². The van der Waals surface area contributed by atoms with Gasteiger partial charge in [0.2, 0.25) is 0 Å². The van der Waals surface area contributed by atoms with Gasteiger partial charge in [0.05, 0.1) is 17.9 Å². The number of nitrogens with zero attached hydrogens (tertiary/aromatic N) is 4. The third-order valence-electron chi connectivity index (χ3n) is 5.53. The van der Waals surface area contributed by atoms with Crippen LogP contribution in [-0.2, 0) is 0 Å². The number of aliphatic hydroxyl groups excluding tert-OH is 1. The molecule has 2 saturated heterocycles. The molecule has 2 aliphatic heterocycles. The van der Waals surface area contributed by atoms with Crippen molar-refractivity contribution in [3.63, 3.8) is 0 Å². The first-order chi connectivity index (χ1) is 14.0. The van der Waals surface area contributed by atoms with E-state index >= 15 is 0 Å². The Kier molecular flexibility index (Phi) is 5.53. The van der Waals surface area contributed by atoms with E-state index in [1.165, 1.54) is 6.26 Å². The molecule has 0 radical (unpaired) electrons. The monoisotopic (exact) mass is 398 g/mol. The highest BCUT2D eigenvalue weighted by molar-refractivity contribution is 5.99. The van der Waals surface area contributed by atoms with E-state index in [0.717, 1.165) is 18.5 Å². The third kappa shape index (κ3) is 4.12. The second kappa shape index (κ2) is 8.24. The Morgan fingerprint density at radius 3 is 2.55 bits per heavy atom. The Hall–Kier alpha value is -2.87. The molecule has 0 spiro atoms. The van der Waals surface area contributed by atoms with Gasteiger partial charge in [0, 0.05) is 45.0 Å². The SMILES string of the molecule is Cc1ccc(C(=O)N2CCCC(O)C2)c(N2CCN(C(=O)c3ccco3)CC2)n1. The van der Waals surface area contributed by atoms with Crippen molar-refractivity contribution < 1.29 is 19.1 Å². The Balaban J connectivity index is 1.49. The molecule has 0 aliphatic carbocycles. The van der Waals surface area contributed by atoms with E-state index in [4.69, 9.17) is 4.42 Å². The quantitative estimate of drug-likeness (QED) is 0.844. The maximum Gasteiger partial charge on any atom is 0.289 e. The molecule has 29 heavy (non-hydrogen) atoms. The van der Waals surface area contributed by atoms with E-state index in [9.17, 15) is 14.7 Å². The lowest BCUT2D eigenvalue weighted by Gasteiger charge is -2.36. The normalized spacial score (nSPS) is 20.1. The summed E-state index contributed by atoms with van der Waals surface area (Å²) in [5.74, 6) is 0.776. The smallest absolute Gasteiger partial charge is 0.289 e. The average Bonchev–Trinajstić information content (AvgIpc) is 3.28. The van der Waals surface area contributed by atoms with Crippen LogP contribution in [0.4, 0.5) is 5.82 Å². The lowest BCUT2D eigenvalue weighted by molar-refractivity contribution is 0.0473. The zero-order valence-corrected chi connectivity index (χ0v) is 16.6. The van der Waals surface area contributed by atoms with Crippen LogP contribution in [0, 0.1) is 6.92 Å². The first kappa shape index (κ1) is 19.4. The molecule has 154 valence electrons. The van der Waals surface area contributed by atoms with Gasteiger partial charge in [-0.05, 0) is 44.0 Å². The van der Waals surface area contributed by atoms with Crippen LogP contribution >= 0.6 is 0 Å². The van der Waals surface area contributed by atoms with Gasteiger partial charge in [0.15, 0.2) is 5.76 Å². The van der Waals surface area contributed by atoms with Gasteiger partial charge in [0.1, 0.15) is 5.82 Å². The summed E-state index contributed by atoms with van der Waals surface area (Å²) in [5.41, 5.74) is 1.39. The number of aliphatic hydroxyl groups is 1. The standard InChI is InChI=1S/C21H26N4O4/c1-15-6-7-17(20(27)25-8-2-4-16(26)14-25)19(22-15)23-9-11-24(12-10-23)21(28)18-5-3-13-29-18/h3,5-7,13,16,26H,2,4,8-12,14H2,1H3. The molecule has 1 unspecified atom stereocenters. The number of carbonyl (C=O) groups excluding carboxylic acids is 2. The van der Waals surface area contributed by atoms with Crippen molar-refractivity contribution in [1.29, 1.82) is 0 Å². The van der Waals surface area contributed by atoms with Crippen molar-refractivity contribution in [1.82, 2.24) is 14.8 Å². The van der Waals surface area contributed by atoms with Gasteiger partial charge in [-0.2, -0.15) is 0 Å². The first-order valence-electron chi connectivity index (χ1n) is 10.1. The van der Waals surface area contributed by atoms with E-state index in [0.29, 0.717) is 56.4 Å². The average molecular weight is 398 g/mol. The zero-order valence-electron chi connectivity index (χ0n) is 16.6. The number of aryl methyl sites for hydroxylation is 1. The van der Waals surface area contributed by atoms with Crippen LogP contribution in [0.15, 0.2) is 34.9 Å². The number of amides is 2.